The van der Waals surface area contributed by atoms with E-state index >= 15 is 0 Å². The molecule has 25 heavy (non-hydrogen) atoms. The molecule has 120 valence electrons. The van der Waals surface area contributed by atoms with Gasteiger partial charge in [0.15, 0.2) is 5.58 Å². The molecule has 0 unspecified atom stereocenters. The highest BCUT2D eigenvalue weighted by atomic mass is 16.3. The lowest BCUT2D eigenvalue weighted by Gasteiger charge is -2.05. The van der Waals surface area contributed by atoms with E-state index in [2.05, 4.69) is 31.3 Å². The zero-order chi connectivity index (χ0) is 17.1. The van der Waals surface area contributed by atoms with E-state index in [9.17, 15) is 5.26 Å². The number of nitrogens with zero attached hydrogens (tertiary/aromatic N) is 5. The molecule has 4 aromatic rings. The Balaban J connectivity index is 1.62. The van der Waals surface area contributed by atoms with Crippen LogP contribution in [0.15, 0.2) is 59.8 Å². The molecule has 1 aromatic carbocycles. The predicted octanol–water partition coefficient (Wildman–Crippen LogP) is 3.16. The fraction of sp³-hybridized carbons (Fsp3) is 0.0556. The van der Waals surface area contributed by atoms with Gasteiger partial charge in [0.25, 0.3) is 0 Å². The van der Waals surface area contributed by atoms with Crippen LogP contribution in [0.2, 0.25) is 0 Å². The summed E-state index contributed by atoms with van der Waals surface area (Å²) >= 11 is 0. The third-order valence-corrected chi connectivity index (χ3v) is 3.67. The number of aromatic nitrogens is 4. The lowest BCUT2D eigenvalue weighted by Crippen LogP contribution is -2.00. The van der Waals surface area contributed by atoms with E-state index in [1.165, 1.54) is 6.33 Å². The minimum atomic E-state index is 0.383. The van der Waals surface area contributed by atoms with Crippen LogP contribution in [0, 0.1) is 11.3 Å². The van der Waals surface area contributed by atoms with Crippen molar-refractivity contribution in [3.8, 4) is 17.5 Å². The summed E-state index contributed by atoms with van der Waals surface area (Å²) in [6.07, 6.45) is 8.18. The highest BCUT2D eigenvalue weighted by molar-refractivity contribution is 5.80. The number of pyridine rings is 1. The smallest absolute Gasteiger partial charge is 0.230 e. The lowest BCUT2D eigenvalue weighted by molar-refractivity contribution is 0.619. The van der Waals surface area contributed by atoms with Gasteiger partial charge in [0.2, 0.25) is 5.89 Å². The molecule has 0 amide bonds. The summed E-state index contributed by atoms with van der Waals surface area (Å²) in [6, 6.07) is 9.42. The molecule has 4 rings (SSSR count). The van der Waals surface area contributed by atoms with Gasteiger partial charge in [-0.1, -0.05) is 0 Å². The second-order valence-electron chi connectivity index (χ2n) is 5.33. The Labute approximate surface area is 143 Å². The summed E-state index contributed by atoms with van der Waals surface area (Å²) < 4.78 is 5.76. The molecule has 7 heteroatoms. The number of rotatable bonds is 4. The van der Waals surface area contributed by atoms with Crippen LogP contribution in [0.25, 0.3) is 22.6 Å². The first-order chi connectivity index (χ1) is 12.3. The van der Waals surface area contributed by atoms with Gasteiger partial charge in [-0.2, -0.15) is 5.26 Å². The first-order valence-corrected chi connectivity index (χ1v) is 7.56. The number of oxazole rings is 1. The summed E-state index contributed by atoms with van der Waals surface area (Å²) in [4.78, 5) is 16.5. The maximum absolute atomic E-state index is 9.21. The van der Waals surface area contributed by atoms with Gasteiger partial charge in [0.1, 0.15) is 17.9 Å². The molecule has 7 nitrogen and oxygen atoms in total. The van der Waals surface area contributed by atoms with Crippen molar-refractivity contribution in [2.24, 2.45) is 0 Å². The summed E-state index contributed by atoms with van der Waals surface area (Å²) in [5.74, 6) is 0.383. The van der Waals surface area contributed by atoms with Gasteiger partial charge in [0, 0.05) is 42.6 Å². The molecule has 0 aliphatic rings. The first kappa shape index (κ1) is 14.8. The van der Waals surface area contributed by atoms with Crippen molar-refractivity contribution in [2.45, 2.75) is 6.54 Å². The minimum Gasteiger partial charge on any atom is -0.436 e. The van der Waals surface area contributed by atoms with E-state index in [-0.39, 0.29) is 0 Å². The van der Waals surface area contributed by atoms with Crippen molar-refractivity contribution < 1.29 is 4.42 Å². The lowest BCUT2D eigenvalue weighted by atomic mass is 10.1. The van der Waals surface area contributed by atoms with Crippen LogP contribution >= 0.6 is 0 Å². The Bertz CT molecular complexity index is 1070. The van der Waals surface area contributed by atoms with Gasteiger partial charge < -0.3 is 9.73 Å². The van der Waals surface area contributed by atoms with E-state index in [0.717, 1.165) is 11.3 Å². The minimum absolute atomic E-state index is 0.383. The zero-order valence-corrected chi connectivity index (χ0v) is 13.0. The largest absolute Gasteiger partial charge is 0.436 e. The summed E-state index contributed by atoms with van der Waals surface area (Å²) in [5, 5.41) is 12.5. The van der Waals surface area contributed by atoms with Crippen molar-refractivity contribution in [3.63, 3.8) is 0 Å². The van der Waals surface area contributed by atoms with E-state index < -0.39 is 0 Å². The number of nitrogens with one attached hydrogen (secondary N) is 1. The van der Waals surface area contributed by atoms with E-state index in [4.69, 9.17) is 4.42 Å². The molecule has 0 spiro atoms. The van der Waals surface area contributed by atoms with Crippen molar-refractivity contribution in [1.82, 2.24) is 19.9 Å². The Morgan fingerprint density at radius 3 is 2.80 bits per heavy atom. The van der Waals surface area contributed by atoms with E-state index in [0.29, 0.717) is 34.7 Å². The average molecular weight is 328 g/mol. The SMILES string of the molecule is N#Cc1ccncc1-c1nc2cc(NCc3cncnc3)ccc2o1. The Morgan fingerprint density at radius 1 is 1.08 bits per heavy atom. The molecule has 1 N–H and O–H groups in total. The molecule has 3 aromatic heterocycles. The normalized spacial score (nSPS) is 10.5. The van der Waals surface area contributed by atoms with Crippen molar-refractivity contribution >= 4 is 16.8 Å². The highest BCUT2D eigenvalue weighted by Crippen LogP contribution is 2.27. The summed E-state index contributed by atoms with van der Waals surface area (Å²) in [6.45, 7) is 0.609. The van der Waals surface area contributed by atoms with E-state index in [1.54, 1.807) is 30.9 Å². The van der Waals surface area contributed by atoms with Crippen LogP contribution in [0.1, 0.15) is 11.1 Å². The second kappa shape index (κ2) is 6.37. The van der Waals surface area contributed by atoms with Gasteiger partial charge in [0.05, 0.1) is 11.1 Å². The Hall–Kier alpha value is -3.79. The number of hydrogen-bond acceptors (Lipinski definition) is 7. The van der Waals surface area contributed by atoms with Crippen molar-refractivity contribution in [1.29, 1.82) is 5.26 Å². The Kier molecular flexibility index (Phi) is 3.77. The fourth-order valence-corrected chi connectivity index (χ4v) is 2.44. The Morgan fingerprint density at radius 2 is 1.96 bits per heavy atom. The topological polar surface area (TPSA) is 101 Å². The van der Waals surface area contributed by atoms with Crippen LogP contribution < -0.4 is 5.32 Å². The van der Waals surface area contributed by atoms with Crippen molar-refractivity contribution in [2.75, 3.05) is 5.32 Å². The van der Waals surface area contributed by atoms with Gasteiger partial charge >= 0.3 is 0 Å². The van der Waals surface area contributed by atoms with Gasteiger partial charge in [-0.25, -0.2) is 15.0 Å². The van der Waals surface area contributed by atoms with Crippen LogP contribution in [0.4, 0.5) is 5.69 Å². The molecule has 0 saturated heterocycles. The second-order valence-corrected chi connectivity index (χ2v) is 5.33. The van der Waals surface area contributed by atoms with Crippen LogP contribution in [0.3, 0.4) is 0 Å². The first-order valence-electron chi connectivity index (χ1n) is 7.56. The number of benzene rings is 1. The van der Waals surface area contributed by atoms with E-state index in [1.807, 2.05) is 18.2 Å². The third kappa shape index (κ3) is 3.01. The third-order valence-electron chi connectivity index (χ3n) is 3.67. The average Bonchev–Trinajstić information content (AvgIpc) is 3.10. The highest BCUT2D eigenvalue weighted by Gasteiger charge is 2.12. The molecule has 0 aliphatic carbocycles. The van der Waals surface area contributed by atoms with Crippen LogP contribution in [-0.4, -0.2) is 19.9 Å². The van der Waals surface area contributed by atoms with Gasteiger partial charge in [-0.15, -0.1) is 0 Å². The summed E-state index contributed by atoms with van der Waals surface area (Å²) in [7, 11) is 0. The molecular formula is C18H12N6O. The number of fused-ring (bicyclic) bond motifs is 1. The molecule has 0 bridgehead atoms. The summed E-state index contributed by atoms with van der Waals surface area (Å²) in [5.41, 5.74) is 4.30. The molecule has 3 heterocycles. The van der Waals surface area contributed by atoms with Gasteiger partial charge in [-0.3, -0.25) is 4.98 Å². The zero-order valence-electron chi connectivity index (χ0n) is 13.0. The van der Waals surface area contributed by atoms with Gasteiger partial charge in [-0.05, 0) is 24.3 Å². The monoisotopic (exact) mass is 328 g/mol. The number of hydrogen-bond donors (Lipinski definition) is 1. The maximum Gasteiger partial charge on any atom is 0.230 e. The molecule has 0 fully saturated rings. The molecule has 0 saturated carbocycles. The molecule has 0 aliphatic heterocycles. The number of anilines is 1. The molecule has 0 atom stereocenters. The molecular weight excluding hydrogens is 316 g/mol. The molecule has 0 radical (unpaired) electrons. The van der Waals surface area contributed by atoms with Crippen LogP contribution in [-0.2, 0) is 6.54 Å². The number of nitriles is 1. The van der Waals surface area contributed by atoms with Crippen LogP contribution in [0.5, 0.6) is 0 Å². The van der Waals surface area contributed by atoms with Crippen molar-refractivity contribution in [3.05, 3.63) is 66.5 Å². The predicted molar refractivity (Wildman–Crippen MR) is 91.3 cm³/mol. The fourth-order valence-electron chi connectivity index (χ4n) is 2.44. The maximum atomic E-state index is 9.21. The standard InChI is InChI=1S/C18H12N6O/c19-6-13-3-4-20-10-15(13)18-24-16-5-14(1-2-17(16)25-18)23-9-12-7-21-11-22-8-12/h1-5,7-8,10-11,23H,9H2. The quantitative estimate of drug-likeness (QED) is 0.614.